The van der Waals surface area contributed by atoms with Gasteiger partial charge in [-0.05, 0) is 42.7 Å². The molecule has 4 heteroatoms. The smallest absolute Gasteiger partial charge is 0.126 e. The van der Waals surface area contributed by atoms with Crippen LogP contribution >= 0.6 is 0 Å². The lowest BCUT2D eigenvalue weighted by molar-refractivity contribution is 0.120. The largest absolute Gasteiger partial charge is 0.399 e. The molecule has 1 saturated heterocycles. The fourth-order valence-corrected chi connectivity index (χ4v) is 2.37. The van der Waals surface area contributed by atoms with Crippen LogP contribution in [0.15, 0.2) is 42.6 Å². The zero-order chi connectivity index (χ0) is 13.8. The molecule has 0 bridgehead atoms. The number of nitrogens with two attached hydrogens (primary N) is 1. The predicted octanol–water partition coefficient (Wildman–Crippen LogP) is 2.92. The summed E-state index contributed by atoms with van der Waals surface area (Å²) in [5.41, 5.74) is 8.68. The van der Waals surface area contributed by atoms with E-state index in [1.807, 2.05) is 36.5 Å². The second-order valence-electron chi connectivity index (χ2n) is 5.07. The number of nitrogens with zero attached hydrogens (tertiary/aromatic N) is 1. The Kier molecular flexibility index (Phi) is 3.83. The van der Waals surface area contributed by atoms with E-state index >= 15 is 0 Å². The van der Waals surface area contributed by atoms with Crippen LogP contribution in [0.4, 0.5) is 11.5 Å². The first-order valence-corrected chi connectivity index (χ1v) is 6.99. The van der Waals surface area contributed by atoms with Gasteiger partial charge in [-0.2, -0.15) is 0 Å². The molecule has 2 aromatic rings. The van der Waals surface area contributed by atoms with Crippen molar-refractivity contribution in [2.75, 3.05) is 24.2 Å². The van der Waals surface area contributed by atoms with Crippen molar-refractivity contribution >= 4 is 11.5 Å². The molecule has 1 aliphatic heterocycles. The number of ether oxygens (including phenoxy) is 1. The quantitative estimate of drug-likeness (QED) is 0.838. The fourth-order valence-electron chi connectivity index (χ4n) is 2.37. The van der Waals surface area contributed by atoms with E-state index in [1.54, 1.807) is 0 Å². The summed E-state index contributed by atoms with van der Waals surface area (Å²) < 4.78 is 5.58. The second-order valence-corrected chi connectivity index (χ2v) is 5.07. The van der Waals surface area contributed by atoms with Crippen LogP contribution in [0, 0.1) is 0 Å². The highest BCUT2D eigenvalue weighted by Gasteiger charge is 2.14. The molecule has 104 valence electrons. The zero-order valence-corrected chi connectivity index (χ0v) is 11.4. The second kappa shape index (κ2) is 5.92. The van der Waals surface area contributed by atoms with Gasteiger partial charge in [0.25, 0.3) is 0 Å². The zero-order valence-electron chi connectivity index (χ0n) is 11.4. The van der Waals surface area contributed by atoms with Crippen molar-refractivity contribution in [3.05, 3.63) is 42.6 Å². The van der Waals surface area contributed by atoms with Crippen LogP contribution in [-0.4, -0.2) is 24.2 Å². The first-order chi connectivity index (χ1) is 9.81. The van der Waals surface area contributed by atoms with Gasteiger partial charge in [0.15, 0.2) is 0 Å². The summed E-state index contributed by atoms with van der Waals surface area (Å²) in [5.74, 6) is 0.889. The first-order valence-electron chi connectivity index (χ1n) is 6.99. The van der Waals surface area contributed by atoms with Crippen molar-refractivity contribution in [2.45, 2.75) is 18.9 Å². The maximum Gasteiger partial charge on any atom is 0.126 e. The maximum atomic E-state index is 5.69. The minimum Gasteiger partial charge on any atom is -0.399 e. The Labute approximate surface area is 119 Å². The number of pyridine rings is 1. The lowest BCUT2D eigenvalue weighted by Crippen LogP contribution is -2.18. The minimum absolute atomic E-state index is 0.327. The standard InChI is InChI=1S/C16H19N3O/c17-14-6-3-12(4-7-14)13-5-8-16(18-10-13)19-11-15-2-1-9-20-15/h3-8,10,15H,1-2,9,11,17H2,(H,18,19). The van der Waals surface area contributed by atoms with E-state index in [9.17, 15) is 0 Å². The van der Waals surface area contributed by atoms with Crippen LogP contribution in [0.1, 0.15) is 12.8 Å². The topological polar surface area (TPSA) is 60.2 Å². The molecule has 1 aromatic heterocycles. The van der Waals surface area contributed by atoms with Gasteiger partial charge >= 0.3 is 0 Å². The molecule has 4 nitrogen and oxygen atoms in total. The van der Waals surface area contributed by atoms with Crippen LogP contribution in [0.25, 0.3) is 11.1 Å². The molecule has 20 heavy (non-hydrogen) atoms. The molecule has 0 radical (unpaired) electrons. The highest BCUT2D eigenvalue weighted by Crippen LogP contribution is 2.21. The van der Waals surface area contributed by atoms with Gasteiger partial charge in [-0.25, -0.2) is 4.98 Å². The van der Waals surface area contributed by atoms with E-state index in [0.29, 0.717) is 6.10 Å². The Hall–Kier alpha value is -2.07. The number of rotatable bonds is 4. The molecule has 0 aliphatic carbocycles. The lowest BCUT2D eigenvalue weighted by Gasteiger charge is -2.11. The summed E-state index contributed by atoms with van der Waals surface area (Å²) in [4.78, 5) is 4.44. The highest BCUT2D eigenvalue weighted by atomic mass is 16.5. The fraction of sp³-hybridized carbons (Fsp3) is 0.312. The van der Waals surface area contributed by atoms with Crippen molar-refractivity contribution in [1.82, 2.24) is 4.98 Å². The molecule has 2 heterocycles. The van der Waals surface area contributed by atoms with Crippen molar-refractivity contribution in [3.8, 4) is 11.1 Å². The van der Waals surface area contributed by atoms with E-state index in [1.165, 1.54) is 0 Å². The van der Waals surface area contributed by atoms with E-state index in [0.717, 1.165) is 48.6 Å². The number of hydrogen-bond donors (Lipinski definition) is 2. The average Bonchev–Trinajstić information content (AvgIpc) is 3.00. The third-order valence-electron chi connectivity index (χ3n) is 3.54. The van der Waals surface area contributed by atoms with Crippen LogP contribution in [0.2, 0.25) is 0 Å². The van der Waals surface area contributed by atoms with Crippen LogP contribution in [-0.2, 0) is 4.74 Å². The summed E-state index contributed by atoms with van der Waals surface area (Å²) in [6, 6.07) is 11.9. The monoisotopic (exact) mass is 269 g/mol. The molecular formula is C16H19N3O. The predicted molar refractivity (Wildman–Crippen MR) is 81.5 cm³/mol. The van der Waals surface area contributed by atoms with Gasteiger partial charge in [0.2, 0.25) is 0 Å². The third-order valence-corrected chi connectivity index (χ3v) is 3.54. The van der Waals surface area contributed by atoms with E-state index in [2.05, 4.69) is 16.4 Å². The number of anilines is 2. The van der Waals surface area contributed by atoms with Gasteiger partial charge < -0.3 is 15.8 Å². The Morgan fingerprint density at radius 3 is 2.60 bits per heavy atom. The lowest BCUT2D eigenvalue weighted by atomic mass is 10.1. The summed E-state index contributed by atoms with van der Waals surface area (Å²) >= 11 is 0. The van der Waals surface area contributed by atoms with Gasteiger partial charge in [0.05, 0.1) is 6.10 Å². The van der Waals surface area contributed by atoms with Gasteiger partial charge in [-0.3, -0.25) is 0 Å². The van der Waals surface area contributed by atoms with Crippen LogP contribution < -0.4 is 11.1 Å². The van der Waals surface area contributed by atoms with Crippen molar-refractivity contribution in [2.24, 2.45) is 0 Å². The number of benzene rings is 1. The molecule has 1 unspecified atom stereocenters. The van der Waals surface area contributed by atoms with Gasteiger partial charge in [-0.15, -0.1) is 0 Å². The van der Waals surface area contributed by atoms with Crippen molar-refractivity contribution < 1.29 is 4.74 Å². The van der Waals surface area contributed by atoms with Gasteiger partial charge in [0.1, 0.15) is 5.82 Å². The number of nitrogens with one attached hydrogen (secondary N) is 1. The number of hydrogen-bond acceptors (Lipinski definition) is 4. The summed E-state index contributed by atoms with van der Waals surface area (Å²) in [7, 11) is 0. The number of nitrogen functional groups attached to an aromatic ring is 1. The van der Waals surface area contributed by atoms with Crippen molar-refractivity contribution in [1.29, 1.82) is 0 Å². The Morgan fingerprint density at radius 2 is 1.95 bits per heavy atom. The maximum absolute atomic E-state index is 5.69. The summed E-state index contributed by atoms with van der Waals surface area (Å²) in [6.45, 7) is 1.71. The molecule has 0 spiro atoms. The third kappa shape index (κ3) is 3.08. The molecule has 0 saturated carbocycles. The highest BCUT2D eigenvalue weighted by molar-refractivity contribution is 5.65. The van der Waals surface area contributed by atoms with E-state index in [-0.39, 0.29) is 0 Å². The Morgan fingerprint density at radius 1 is 1.15 bits per heavy atom. The Balaban J connectivity index is 1.63. The molecule has 1 fully saturated rings. The molecule has 1 atom stereocenters. The molecule has 3 rings (SSSR count). The van der Waals surface area contributed by atoms with E-state index in [4.69, 9.17) is 10.5 Å². The normalized spacial score (nSPS) is 18.1. The van der Waals surface area contributed by atoms with Crippen molar-refractivity contribution in [3.63, 3.8) is 0 Å². The Bertz CT molecular complexity index is 545. The molecule has 3 N–H and O–H groups in total. The summed E-state index contributed by atoms with van der Waals surface area (Å²) in [5, 5.41) is 3.32. The molecule has 1 aromatic carbocycles. The summed E-state index contributed by atoms with van der Waals surface area (Å²) in [6.07, 6.45) is 4.50. The average molecular weight is 269 g/mol. The van der Waals surface area contributed by atoms with Crippen LogP contribution in [0.3, 0.4) is 0 Å². The van der Waals surface area contributed by atoms with Gasteiger partial charge in [0, 0.05) is 30.6 Å². The van der Waals surface area contributed by atoms with E-state index < -0.39 is 0 Å². The molecule has 1 aliphatic rings. The van der Waals surface area contributed by atoms with Gasteiger partial charge in [-0.1, -0.05) is 12.1 Å². The first kappa shape index (κ1) is 12.9. The minimum atomic E-state index is 0.327. The SMILES string of the molecule is Nc1ccc(-c2ccc(NCC3CCCO3)nc2)cc1. The number of aromatic nitrogens is 1. The molecule has 0 amide bonds. The van der Waals surface area contributed by atoms with Crippen LogP contribution in [0.5, 0.6) is 0 Å². The molecular weight excluding hydrogens is 250 g/mol.